The van der Waals surface area contributed by atoms with Crippen LogP contribution in [0.5, 0.6) is 0 Å². The van der Waals surface area contributed by atoms with Crippen LogP contribution in [0.2, 0.25) is 5.02 Å². The van der Waals surface area contributed by atoms with Crippen molar-refractivity contribution >= 4 is 23.5 Å². The summed E-state index contributed by atoms with van der Waals surface area (Å²) in [6.45, 7) is 0.0852. The van der Waals surface area contributed by atoms with Crippen molar-refractivity contribution < 1.29 is 27.9 Å². The first-order chi connectivity index (χ1) is 11.1. The van der Waals surface area contributed by atoms with Crippen molar-refractivity contribution in [1.29, 1.82) is 0 Å². The van der Waals surface area contributed by atoms with Gasteiger partial charge in [-0.3, -0.25) is 9.59 Å². The first kappa shape index (κ1) is 17.1. The number of carbonyl (C=O) groups excluding carboxylic acids is 1. The smallest absolute Gasteiger partial charge is 0.416 e. The lowest BCUT2D eigenvalue weighted by Gasteiger charge is -2.21. The maximum absolute atomic E-state index is 12.9. The molecule has 0 bridgehead atoms. The third-order valence-electron chi connectivity index (χ3n) is 4.90. The second-order valence-electron chi connectivity index (χ2n) is 6.54. The lowest BCUT2D eigenvalue weighted by molar-refractivity contribution is -0.149. The van der Waals surface area contributed by atoms with Crippen molar-refractivity contribution in [2.45, 2.75) is 37.3 Å². The molecule has 0 radical (unpaired) electrons. The van der Waals surface area contributed by atoms with Crippen molar-refractivity contribution in [2.75, 3.05) is 6.54 Å². The summed E-state index contributed by atoms with van der Waals surface area (Å²) in [7, 11) is 0. The molecule has 2 saturated carbocycles. The van der Waals surface area contributed by atoms with E-state index < -0.39 is 34.4 Å². The van der Waals surface area contributed by atoms with Crippen LogP contribution in [0.4, 0.5) is 13.2 Å². The van der Waals surface area contributed by atoms with Crippen molar-refractivity contribution in [1.82, 2.24) is 5.32 Å². The Balaban J connectivity index is 1.77. The molecule has 0 aromatic heterocycles. The van der Waals surface area contributed by atoms with Crippen LogP contribution in [-0.2, 0) is 21.2 Å². The first-order valence-electron chi connectivity index (χ1n) is 7.50. The maximum atomic E-state index is 12.9. The molecule has 1 aromatic carbocycles. The fourth-order valence-electron chi connectivity index (χ4n) is 2.88. The van der Waals surface area contributed by atoms with Gasteiger partial charge in [-0.15, -0.1) is 0 Å². The Kier molecular flexibility index (Phi) is 3.82. The van der Waals surface area contributed by atoms with E-state index in [2.05, 4.69) is 5.32 Å². The zero-order valence-electron chi connectivity index (χ0n) is 12.5. The number of benzene rings is 1. The Labute approximate surface area is 141 Å². The lowest BCUT2D eigenvalue weighted by atomic mass is 9.93. The zero-order valence-corrected chi connectivity index (χ0v) is 13.3. The van der Waals surface area contributed by atoms with Gasteiger partial charge >= 0.3 is 12.1 Å². The summed E-state index contributed by atoms with van der Waals surface area (Å²) in [4.78, 5) is 23.2. The van der Waals surface area contributed by atoms with E-state index in [-0.39, 0.29) is 24.4 Å². The van der Waals surface area contributed by atoms with Crippen LogP contribution >= 0.6 is 11.6 Å². The topological polar surface area (TPSA) is 66.4 Å². The molecule has 2 aliphatic carbocycles. The van der Waals surface area contributed by atoms with Crippen LogP contribution in [-0.4, -0.2) is 23.5 Å². The van der Waals surface area contributed by atoms with Gasteiger partial charge in [-0.1, -0.05) is 11.6 Å². The largest absolute Gasteiger partial charge is 0.480 e. The number of alkyl halides is 3. The number of rotatable bonds is 5. The molecule has 24 heavy (non-hydrogen) atoms. The van der Waals surface area contributed by atoms with Crippen LogP contribution in [0.25, 0.3) is 0 Å². The average molecular weight is 362 g/mol. The molecule has 1 amide bonds. The Morgan fingerprint density at radius 3 is 2.29 bits per heavy atom. The molecule has 4 nitrogen and oxygen atoms in total. The summed E-state index contributed by atoms with van der Waals surface area (Å²) < 4.78 is 38.7. The van der Waals surface area contributed by atoms with E-state index in [1.165, 1.54) is 6.07 Å². The number of halogens is 4. The molecular formula is C16H15ClF3NO3. The van der Waals surface area contributed by atoms with E-state index in [0.29, 0.717) is 18.4 Å². The molecule has 1 aromatic rings. The van der Waals surface area contributed by atoms with Gasteiger partial charge in [0, 0.05) is 17.0 Å². The summed E-state index contributed by atoms with van der Waals surface area (Å²) in [6, 6.07) is 3.15. The van der Waals surface area contributed by atoms with Gasteiger partial charge in [0.15, 0.2) is 0 Å². The first-order valence-corrected chi connectivity index (χ1v) is 7.88. The minimum absolute atomic E-state index is 0.0852. The molecule has 2 N–H and O–H groups in total. The molecule has 0 atom stereocenters. The Morgan fingerprint density at radius 1 is 1.21 bits per heavy atom. The molecule has 3 rings (SSSR count). The number of carboxylic acid groups (broad SMARTS) is 1. The van der Waals surface area contributed by atoms with Gasteiger partial charge in [0.1, 0.15) is 5.41 Å². The number of hydrogen-bond acceptors (Lipinski definition) is 2. The highest BCUT2D eigenvalue weighted by Crippen LogP contribution is 2.52. The lowest BCUT2D eigenvalue weighted by Crippen LogP contribution is -2.40. The molecular weight excluding hydrogens is 347 g/mol. The van der Waals surface area contributed by atoms with E-state index in [4.69, 9.17) is 16.7 Å². The summed E-state index contributed by atoms with van der Waals surface area (Å²) in [6.07, 6.45) is -2.72. The Bertz CT molecular complexity index is 709. The highest BCUT2D eigenvalue weighted by atomic mass is 35.5. The van der Waals surface area contributed by atoms with Gasteiger partial charge < -0.3 is 10.4 Å². The molecule has 8 heteroatoms. The number of aliphatic carboxylic acids is 1. The fraction of sp³-hybridized carbons (Fsp3) is 0.500. The maximum Gasteiger partial charge on any atom is 0.416 e. The van der Waals surface area contributed by atoms with Gasteiger partial charge in [0.2, 0.25) is 5.91 Å². The van der Waals surface area contributed by atoms with E-state index in [0.717, 1.165) is 12.1 Å². The summed E-state index contributed by atoms with van der Waals surface area (Å²) in [5.41, 5.74) is -2.46. The van der Waals surface area contributed by atoms with Crippen LogP contribution in [0, 0.1) is 5.41 Å². The quantitative estimate of drug-likeness (QED) is 0.790. The third kappa shape index (κ3) is 2.85. The van der Waals surface area contributed by atoms with Gasteiger partial charge in [-0.05, 0) is 49.4 Å². The van der Waals surface area contributed by atoms with E-state index in [1.54, 1.807) is 0 Å². The number of amides is 1. The van der Waals surface area contributed by atoms with Crippen LogP contribution in [0.1, 0.15) is 36.8 Å². The molecule has 0 saturated heterocycles. The summed E-state index contributed by atoms with van der Waals surface area (Å²) in [5, 5.41) is 11.9. The highest BCUT2D eigenvalue weighted by molar-refractivity contribution is 6.31. The average Bonchev–Trinajstić information content (AvgIpc) is 3.38. The van der Waals surface area contributed by atoms with E-state index in [9.17, 15) is 22.8 Å². The zero-order chi connectivity index (χ0) is 17.8. The van der Waals surface area contributed by atoms with Crippen LogP contribution < -0.4 is 5.32 Å². The van der Waals surface area contributed by atoms with Crippen molar-refractivity contribution in [3.63, 3.8) is 0 Å². The van der Waals surface area contributed by atoms with Crippen molar-refractivity contribution in [3.8, 4) is 0 Å². The Hall–Kier alpha value is -1.76. The predicted octanol–water partition coefficient (Wildman–Crippen LogP) is 3.37. The molecule has 0 aliphatic heterocycles. The number of nitrogens with one attached hydrogen (secondary N) is 1. The summed E-state index contributed by atoms with van der Waals surface area (Å²) >= 11 is 6.06. The second kappa shape index (κ2) is 5.37. The standard InChI is InChI=1S/C16H15ClF3NO3/c17-11-2-1-9(16(18,19)20)7-10(11)14(3-4-14)8-21-12(22)15(5-6-15)13(23)24/h1-2,7H,3-6,8H2,(H,21,22)(H,23,24). The molecule has 0 spiro atoms. The van der Waals surface area contributed by atoms with Gasteiger partial charge in [-0.25, -0.2) is 0 Å². The minimum atomic E-state index is -4.47. The molecule has 0 heterocycles. The normalized spacial score (nSPS) is 20.3. The van der Waals surface area contributed by atoms with Crippen molar-refractivity contribution in [2.24, 2.45) is 5.41 Å². The number of carboxylic acids is 1. The van der Waals surface area contributed by atoms with Gasteiger partial charge in [0.25, 0.3) is 0 Å². The Morgan fingerprint density at radius 2 is 1.83 bits per heavy atom. The number of hydrogen-bond donors (Lipinski definition) is 2. The molecule has 0 unspecified atom stereocenters. The van der Waals surface area contributed by atoms with Crippen LogP contribution in [0.3, 0.4) is 0 Å². The molecule has 2 fully saturated rings. The predicted molar refractivity (Wildman–Crippen MR) is 79.7 cm³/mol. The molecule has 130 valence electrons. The van der Waals surface area contributed by atoms with Crippen LogP contribution in [0.15, 0.2) is 18.2 Å². The fourth-order valence-corrected chi connectivity index (χ4v) is 3.20. The van der Waals surface area contributed by atoms with Crippen molar-refractivity contribution in [3.05, 3.63) is 34.3 Å². The van der Waals surface area contributed by atoms with Gasteiger partial charge in [-0.2, -0.15) is 13.2 Å². The van der Waals surface area contributed by atoms with E-state index >= 15 is 0 Å². The highest BCUT2D eigenvalue weighted by Gasteiger charge is 2.58. The number of carbonyl (C=O) groups is 2. The SMILES string of the molecule is O=C(O)C1(C(=O)NCC2(c3cc(C(F)(F)F)ccc3Cl)CC2)CC1. The third-order valence-corrected chi connectivity index (χ3v) is 5.23. The minimum Gasteiger partial charge on any atom is -0.480 e. The van der Waals surface area contributed by atoms with Gasteiger partial charge in [0.05, 0.1) is 5.56 Å². The monoisotopic (exact) mass is 361 g/mol. The second-order valence-corrected chi connectivity index (χ2v) is 6.95. The molecule has 2 aliphatic rings. The van der Waals surface area contributed by atoms with E-state index in [1.807, 2.05) is 0 Å². The summed E-state index contributed by atoms with van der Waals surface area (Å²) in [5.74, 6) is -1.74.